The molecule has 0 saturated heterocycles. The lowest BCUT2D eigenvalue weighted by Gasteiger charge is -2.28. The molecule has 0 spiro atoms. The van der Waals surface area contributed by atoms with Crippen molar-refractivity contribution < 1.29 is 23.4 Å². The van der Waals surface area contributed by atoms with E-state index in [-0.39, 0.29) is 40.7 Å². The van der Waals surface area contributed by atoms with Crippen molar-refractivity contribution in [1.29, 1.82) is 0 Å². The van der Waals surface area contributed by atoms with E-state index in [1.165, 1.54) is 25.3 Å². The zero-order chi connectivity index (χ0) is 21.3. The highest BCUT2D eigenvalue weighted by Gasteiger charge is 2.38. The molecule has 1 atom stereocenters. The molecule has 8 heteroatoms. The normalized spacial score (nSPS) is 15.6. The van der Waals surface area contributed by atoms with Gasteiger partial charge in [-0.3, -0.25) is 4.79 Å². The SMILES string of the molecule is COCCOC(=O)C1=C(N)Oc2c(c(=O)sc3ccccc23)C1c1cccc(F)c1. The number of halogens is 1. The lowest BCUT2D eigenvalue weighted by molar-refractivity contribution is -0.140. The summed E-state index contributed by atoms with van der Waals surface area (Å²) in [7, 11) is 1.48. The minimum Gasteiger partial charge on any atom is -0.460 e. The fourth-order valence-corrected chi connectivity index (χ4v) is 4.42. The first-order valence-electron chi connectivity index (χ1n) is 9.16. The number of fused-ring (bicyclic) bond motifs is 3. The summed E-state index contributed by atoms with van der Waals surface area (Å²) in [5.74, 6) is -2.08. The maximum atomic E-state index is 14.0. The summed E-state index contributed by atoms with van der Waals surface area (Å²) >= 11 is 1.03. The van der Waals surface area contributed by atoms with Crippen LogP contribution < -0.4 is 15.2 Å². The average Bonchev–Trinajstić information content (AvgIpc) is 2.73. The van der Waals surface area contributed by atoms with Gasteiger partial charge in [-0.25, -0.2) is 9.18 Å². The molecule has 2 aromatic carbocycles. The van der Waals surface area contributed by atoms with Crippen molar-refractivity contribution in [2.45, 2.75) is 5.92 Å². The topological polar surface area (TPSA) is 87.8 Å². The molecule has 3 aromatic rings. The van der Waals surface area contributed by atoms with E-state index < -0.39 is 17.7 Å². The van der Waals surface area contributed by atoms with E-state index in [1.807, 2.05) is 18.2 Å². The first-order valence-corrected chi connectivity index (χ1v) is 9.97. The molecule has 1 aromatic heterocycles. The van der Waals surface area contributed by atoms with Crippen molar-refractivity contribution in [3.63, 3.8) is 0 Å². The van der Waals surface area contributed by atoms with Crippen LogP contribution in [0.1, 0.15) is 17.0 Å². The minimum absolute atomic E-state index is 0.000577. The van der Waals surface area contributed by atoms with Gasteiger partial charge in [0.05, 0.1) is 18.1 Å². The molecule has 1 aliphatic heterocycles. The number of methoxy groups -OCH3 is 1. The van der Waals surface area contributed by atoms with Gasteiger partial charge in [0, 0.05) is 17.2 Å². The molecular weight excluding hydrogens is 409 g/mol. The maximum absolute atomic E-state index is 14.0. The molecule has 0 bridgehead atoms. The van der Waals surface area contributed by atoms with Gasteiger partial charge in [0.1, 0.15) is 23.7 Å². The van der Waals surface area contributed by atoms with Crippen LogP contribution in [-0.4, -0.2) is 26.3 Å². The van der Waals surface area contributed by atoms with Gasteiger partial charge in [-0.05, 0) is 29.8 Å². The van der Waals surface area contributed by atoms with E-state index in [0.717, 1.165) is 16.0 Å². The Hall–Kier alpha value is -3.23. The first-order chi connectivity index (χ1) is 14.5. The number of nitrogens with two attached hydrogens (primary N) is 1. The molecule has 0 aliphatic carbocycles. The molecule has 0 radical (unpaired) electrons. The predicted molar refractivity (Wildman–Crippen MR) is 111 cm³/mol. The summed E-state index contributed by atoms with van der Waals surface area (Å²) in [6, 6.07) is 12.9. The van der Waals surface area contributed by atoms with Gasteiger partial charge in [0.2, 0.25) is 10.6 Å². The van der Waals surface area contributed by atoms with Gasteiger partial charge >= 0.3 is 5.97 Å². The zero-order valence-corrected chi connectivity index (χ0v) is 16.8. The van der Waals surface area contributed by atoms with Gasteiger partial charge < -0.3 is 19.9 Å². The highest BCUT2D eigenvalue weighted by Crippen LogP contribution is 2.44. The standard InChI is InChI=1S/C22H18FNO5S/c1-27-9-10-28-21(25)18-16(12-5-4-6-13(23)11-12)17-19(29-20(18)24)14-7-2-3-8-15(14)30-22(17)26/h2-8,11,16H,9-10,24H2,1H3. The first kappa shape index (κ1) is 20.1. The Bertz CT molecular complexity index is 1220. The van der Waals surface area contributed by atoms with Gasteiger partial charge in [-0.2, -0.15) is 0 Å². The fraction of sp³-hybridized carbons (Fsp3) is 0.182. The molecule has 0 fully saturated rings. The number of ether oxygens (including phenoxy) is 3. The van der Waals surface area contributed by atoms with Crippen LogP contribution in [0.5, 0.6) is 5.75 Å². The highest BCUT2D eigenvalue weighted by atomic mass is 32.1. The number of carbonyl (C=O) groups is 1. The van der Waals surface area contributed by atoms with Crippen molar-refractivity contribution in [3.8, 4) is 5.75 Å². The second-order valence-corrected chi connectivity index (χ2v) is 7.64. The Balaban J connectivity index is 1.94. The molecule has 4 rings (SSSR count). The van der Waals surface area contributed by atoms with E-state index in [2.05, 4.69) is 0 Å². The molecule has 6 nitrogen and oxygen atoms in total. The van der Waals surface area contributed by atoms with Gasteiger partial charge in [-0.15, -0.1) is 0 Å². The Morgan fingerprint density at radius 3 is 2.77 bits per heavy atom. The summed E-state index contributed by atoms with van der Waals surface area (Å²) in [4.78, 5) is 25.9. The number of carbonyl (C=O) groups excluding carboxylic acids is 1. The van der Waals surface area contributed by atoms with Crippen LogP contribution in [0.4, 0.5) is 4.39 Å². The van der Waals surface area contributed by atoms with Crippen LogP contribution in [-0.2, 0) is 14.3 Å². The van der Waals surface area contributed by atoms with Crippen LogP contribution in [0, 0.1) is 5.82 Å². The van der Waals surface area contributed by atoms with Crippen LogP contribution in [0.25, 0.3) is 10.1 Å². The quantitative estimate of drug-likeness (QED) is 0.497. The third-order valence-corrected chi connectivity index (χ3v) is 5.76. The van der Waals surface area contributed by atoms with Crippen LogP contribution >= 0.6 is 11.3 Å². The second kappa shape index (κ2) is 8.25. The summed E-state index contributed by atoms with van der Waals surface area (Å²) in [6.07, 6.45) is 0. The van der Waals surface area contributed by atoms with E-state index >= 15 is 0 Å². The maximum Gasteiger partial charge on any atom is 0.340 e. The summed E-state index contributed by atoms with van der Waals surface area (Å²) < 4.78 is 30.4. The fourth-order valence-electron chi connectivity index (χ4n) is 3.48. The van der Waals surface area contributed by atoms with Crippen molar-refractivity contribution in [1.82, 2.24) is 0 Å². The predicted octanol–water partition coefficient (Wildman–Crippen LogP) is 3.28. The van der Waals surface area contributed by atoms with Crippen molar-refractivity contribution in [3.05, 3.63) is 86.5 Å². The Labute approximate surface area is 175 Å². The Kier molecular flexibility index (Phi) is 5.52. The molecule has 0 amide bonds. The molecule has 154 valence electrons. The summed E-state index contributed by atoms with van der Waals surface area (Å²) in [5, 5.41) is 0.688. The molecule has 30 heavy (non-hydrogen) atoms. The lowest BCUT2D eigenvalue weighted by atomic mass is 9.83. The van der Waals surface area contributed by atoms with Gasteiger partial charge in [-0.1, -0.05) is 35.6 Å². The van der Waals surface area contributed by atoms with Crippen molar-refractivity contribution in [2.75, 3.05) is 20.3 Å². The van der Waals surface area contributed by atoms with E-state index in [1.54, 1.807) is 12.1 Å². The molecule has 1 unspecified atom stereocenters. The molecule has 1 aliphatic rings. The van der Waals surface area contributed by atoms with Crippen molar-refractivity contribution >= 4 is 27.4 Å². The number of hydrogen-bond donors (Lipinski definition) is 1. The number of hydrogen-bond acceptors (Lipinski definition) is 7. The highest BCUT2D eigenvalue weighted by molar-refractivity contribution is 7.16. The van der Waals surface area contributed by atoms with Crippen molar-refractivity contribution in [2.24, 2.45) is 5.73 Å². The van der Waals surface area contributed by atoms with Gasteiger partial charge in [0.15, 0.2) is 0 Å². The molecule has 0 saturated carbocycles. The number of benzene rings is 2. The largest absolute Gasteiger partial charge is 0.460 e. The summed E-state index contributed by atoms with van der Waals surface area (Å²) in [6.45, 7) is 0.194. The van der Waals surface area contributed by atoms with E-state index in [0.29, 0.717) is 10.9 Å². The number of esters is 1. The second-order valence-electron chi connectivity index (χ2n) is 6.63. The van der Waals surface area contributed by atoms with Crippen LogP contribution in [0.3, 0.4) is 0 Å². The lowest BCUT2D eigenvalue weighted by Crippen LogP contribution is -2.31. The third-order valence-electron chi connectivity index (χ3n) is 4.78. The monoisotopic (exact) mass is 427 g/mol. The molecule has 2 heterocycles. The van der Waals surface area contributed by atoms with E-state index in [9.17, 15) is 14.0 Å². The van der Waals surface area contributed by atoms with E-state index in [4.69, 9.17) is 19.9 Å². The third kappa shape index (κ3) is 3.55. The Morgan fingerprint density at radius 1 is 1.20 bits per heavy atom. The summed E-state index contributed by atoms with van der Waals surface area (Å²) in [5.41, 5.74) is 6.74. The molecule has 2 N–H and O–H groups in total. The van der Waals surface area contributed by atoms with Gasteiger partial charge in [0.25, 0.3) is 0 Å². The molecular formula is C22H18FNO5S. The minimum atomic E-state index is -0.923. The zero-order valence-electron chi connectivity index (χ0n) is 16.0. The smallest absolute Gasteiger partial charge is 0.340 e. The van der Waals surface area contributed by atoms with Crippen LogP contribution in [0.2, 0.25) is 0 Å². The number of rotatable bonds is 5. The Morgan fingerprint density at radius 2 is 2.00 bits per heavy atom. The van der Waals surface area contributed by atoms with Crippen LogP contribution in [0.15, 0.2) is 64.8 Å². The average molecular weight is 427 g/mol.